The molecule has 0 radical (unpaired) electrons. The van der Waals surface area contributed by atoms with Crippen molar-refractivity contribution in [3.05, 3.63) is 50.9 Å². The number of thiazole rings is 1. The lowest BCUT2D eigenvalue weighted by Gasteiger charge is -2.21. The van der Waals surface area contributed by atoms with Gasteiger partial charge in [-0.3, -0.25) is 4.99 Å². The zero-order valence-corrected chi connectivity index (χ0v) is 17.9. The molecule has 4 nitrogen and oxygen atoms in total. The van der Waals surface area contributed by atoms with Crippen molar-refractivity contribution >= 4 is 52.9 Å². The van der Waals surface area contributed by atoms with E-state index in [-0.39, 0.29) is 24.0 Å². The average molecular weight is 477 g/mol. The first kappa shape index (κ1) is 19.5. The van der Waals surface area contributed by atoms with Gasteiger partial charge in [0.15, 0.2) is 5.96 Å². The maximum absolute atomic E-state index is 6.08. The van der Waals surface area contributed by atoms with E-state index in [1.165, 1.54) is 5.56 Å². The van der Waals surface area contributed by atoms with Crippen molar-refractivity contribution in [2.24, 2.45) is 4.99 Å². The minimum atomic E-state index is 0. The highest BCUT2D eigenvalue weighted by molar-refractivity contribution is 14.0. The molecule has 2 atom stereocenters. The number of aliphatic imine (C=N–C) groups is 1. The fourth-order valence-corrected chi connectivity index (χ4v) is 3.57. The molecule has 1 aromatic carbocycles. The zero-order valence-electron chi connectivity index (χ0n) is 14.0. The van der Waals surface area contributed by atoms with Crippen molar-refractivity contribution in [3.8, 4) is 0 Å². The molecule has 1 aromatic heterocycles. The summed E-state index contributed by atoms with van der Waals surface area (Å²) in [6, 6.07) is 8.55. The zero-order chi connectivity index (χ0) is 16.4. The lowest BCUT2D eigenvalue weighted by Crippen LogP contribution is -2.40. The molecule has 1 fully saturated rings. The lowest BCUT2D eigenvalue weighted by atomic mass is 10.1. The summed E-state index contributed by atoms with van der Waals surface area (Å²) in [5.41, 5.74) is 2.38. The molecular formula is C17H22ClIN4S. The molecule has 1 N–H and O–H groups in total. The van der Waals surface area contributed by atoms with Crippen LogP contribution in [0.4, 0.5) is 0 Å². The monoisotopic (exact) mass is 476 g/mol. The van der Waals surface area contributed by atoms with E-state index in [1.54, 1.807) is 11.3 Å². The number of guanidine groups is 1. The average Bonchev–Trinajstić information content (AvgIpc) is 3.18. The summed E-state index contributed by atoms with van der Waals surface area (Å²) < 4.78 is 0. The largest absolute Gasteiger partial charge is 0.353 e. The maximum atomic E-state index is 6.08. The molecule has 0 saturated heterocycles. The summed E-state index contributed by atoms with van der Waals surface area (Å²) in [6.45, 7) is 2.79. The van der Waals surface area contributed by atoms with Crippen LogP contribution in [0.1, 0.15) is 28.6 Å². The molecule has 7 heteroatoms. The first-order valence-electron chi connectivity index (χ1n) is 7.67. The normalized spacial score (nSPS) is 19.6. The number of rotatable bonds is 4. The van der Waals surface area contributed by atoms with Gasteiger partial charge in [0.25, 0.3) is 0 Å². The fraction of sp³-hybridized carbons (Fsp3) is 0.412. The Hall–Kier alpha value is -0.860. The van der Waals surface area contributed by atoms with Gasteiger partial charge in [0.1, 0.15) is 0 Å². The number of hydrogen-bond donors (Lipinski definition) is 1. The van der Waals surface area contributed by atoms with Crippen LogP contribution in [0, 0.1) is 6.92 Å². The molecule has 1 heterocycles. The molecule has 0 spiro atoms. The van der Waals surface area contributed by atoms with Gasteiger partial charge in [-0.2, -0.15) is 0 Å². The van der Waals surface area contributed by atoms with Gasteiger partial charge in [-0.15, -0.1) is 35.3 Å². The van der Waals surface area contributed by atoms with Crippen LogP contribution in [0.15, 0.2) is 34.6 Å². The van der Waals surface area contributed by atoms with Gasteiger partial charge in [0.2, 0.25) is 0 Å². The second-order valence-electron chi connectivity index (χ2n) is 5.91. The number of halogens is 2. The Bertz CT molecular complexity index is 718. The van der Waals surface area contributed by atoms with Crippen LogP contribution in [0.2, 0.25) is 5.02 Å². The third kappa shape index (κ3) is 4.83. The highest BCUT2D eigenvalue weighted by Gasteiger charge is 2.39. The lowest BCUT2D eigenvalue weighted by molar-refractivity contribution is 0.469. The number of aryl methyl sites for hydroxylation is 1. The van der Waals surface area contributed by atoms with Crippen LogP contribution in [0.25, 0.3) is 0 Å². The van der Waals surface area contributed by atoms with Crippen LogP contribution in [0.5, 0.6) is 0 Å². The molecule has 0 bridgehead atoms. The minimum absolute atomic E-state index is 0. The van der Waals surface area contributed by atoms with Gasteiger partial charge in [-0.05, 0) is 31.0 Å². The molecular weight excluding hydrogens is 455 g/mol. The van der Waals surface area contributed by atoms with Gasteiger partial charge in [-0.25, -0.2) is 4.98 Å². The Labute approximate surface area is 169 Å². The van der Waals surface area contributed by atoms with Crippen molar-refractivity contribution in [3.63, 3.8) is 0 Å². The molecule has 0 aliphatic heterocycles. The van der Waals surface area contributed by atoms with Crippen molar-refractivity contribution in [1.82, 2.24) is 15.2 Å². The van der Waals surface area contributed by atoms with E-state index in [4.69, 9.17) is 11.6 Å². The van der Waals surface area contributed by atoms with E-state index in [0.717, 1.165) is 34.6 Å². The summed E-state index contributed by atoms with van der Waals surface area (Å²) in [6.07, 6.45) is 1.11. The Morgan fingerprint density at radius 3 is 2.92 bits per heavy atom. The SMILES string of the molecule is CN=C(NC1CC1c1cccc(Cl)c1)N(C)Cc1csc(C)n1.I. The van der Waals surface area contributed by atoms with E-state index >= 15 is 0 Å². The van der Waals surface area contributed by atoms with Crippen LogP contribution in [-0.4, -0.2) is 36.0 Å². The summed E-state index contributed by atoms with van der Waals surface area (Å²) in [5, 5.41) is 7.54. The summed E-state index contributed by atoms with van der Waals surface area (Å²) >= 11 is 7.76. The van der Waals surface area contributed by atoms with Crippen LogP contribution in [0.3, 0.4) is 0 Å². The van der Waals surface area contributed by atoms with Gasteiger partial charge in [0, 0.05) is 36.5 Å². The van der Waals surface area contributed by atoms with E-state index in [0.29, 0.717) is 12.0 Å². The summed E-state index contributed by atoms with van der Waals surface area (Å²) in [7, 11) is 3.86. The van der Waals surface area contributed by atoms with Crippen molar-refractivity contribution in [1.29, 1.82) is 0 Å². The Balaban J connectivity index is 0.00000208. The van der Waals surface area contributed by atoms with Gasteiger partial charge < -0.3 is 10.2 Å². The second-order valence-corrected chi connectivity index (χ2v) is 7.41. The second kappa shape index (κ2) is 8.49. The Morgan fingerprint density at radius 1 is 1.50 bits per heavy atom. The predicted octanol–water partition coefficient (Wildman–Crippen LogP) is 4.29. The number of benzene rings is 1. The van der Waals surface area contributed by atoms with E-state index in [1.807, 2.05) is 33.2 Å². The smallest absolute Gasteiger partial charge is 0.193 e. The first-order valence-corrected chi connectivity index (χ1v) is 8.93. The van der Waals surface area contributed by atoms with Gasteiger partial charge in [0.05, 0.1) is 17.2 Å². The molecule has 2 aromatic rings. The third-order valence-electron chi connectivity index (χ3n) is 4.02. The van der Waals surface area contributed by atoms with Crippen LogP contribution < -0.4 is 5.32 Å². The predicted molar refractivity (Wildman–Crippen MR) is 113 cm³/mol. The number of hydrogen-bond acceptors (Lipinski definition) is 3. The topological polar surface area (TPSA) is 40.5 Å². The van der Waals surface area contributed by atoms with Gasteiger partial charge >= 0.3 is 0 Å². The standard InChI is InChI=1S/C17H21ClN4S.HI/c1-11-20-14(10-23-11)9-22(3)17(19-2)21-16-8-15(16)12-5-4-6-13(18)7-12;/h4-7,10,15-16H,8-9H2,1-3H3,(H,19,21);1H. The van der Waals surface area contributed by atoms with Crippen LogP contribution >= 0.6 is 46.9 Å². The Kier molecular flexibility index (Phi) is 6.88. The third-order valence-corrected chi connectivity index (χ3v) is 5.08. The van der Waals surface area contributed by atoms with E-state index < -0.39 is 0 Å². The highest BCUT2D eigenvalue weighted by Crippen LogP contribution is 2.41. The van der Waals surface area contributed by atoms with E-state index in [2.05, 4.69) is 37.7 Å². The van der Waals surface area contributed by atoms with Gasteiger partial charge in [-0.1, -0.05) is 23.7 Å². The summed E-state index contributed by atoms with van der Waals surface area (Å²) in [5.74, 6) is 1.42. The first-order chi connectivity index (χ1) is 11.1. The quantitative estimate of drug-likeness (QED) is 0.407. The number of nitrogens with one attached hydrogen (secondary N) is 1. The minimum Gasteiger partial charge on any atom is -0.353 e. The molecule has 0 amide bonds. The van der Waals surface area contributed by atoms with Crippen LogP contribution in [-0.2, 0) is 6.54 Å². The molecule has 2 unspecified atom stereocenters. The molecule has 24 heavy (non-hydrogen) atoms. The van der Waals surface area contributed by atoms with Crippen molar-refractivity contribution < 1.29 is 0 Å². The number of nitrogens with zero attached hydrogens (tertiary/aromatic N) is 3. The molecule has 1 aliphatic carbocycles. The van der Waals surface area contributed by atoms with E-state index in [9.17, 15) is 0 Å². The fourth-order valence-electron chi connectivity index (χ4n) is 2.77. The number of aromatic nitrogens is 1. The van der Waals surface area contributed by atoms with Crippen molar-refractivity contribution in [2.45, 2.75) is 31.8 Å². The Morgan fingerprint density at radius 2 is 2.29 bits per heavy atom. The highest BCUT2D eigenvalue weighted by atomic mass is 127. The molecule has 3 rings (SSSR count). The molecule has 1 saturated carbocycles. The van der Waals surface area contributed by atoms with Crippen molar-refractivity contribution in [2.75, 3.05) is 14.1 Å². The summed E-state index contributed by atoms with van der Waals surface area (Å²) in [4.78, 5) is 11.0. The molecule has 130 valence electrons. The molecule has 1 aliphatic rings. The maximum Gasteiger partial charge on any atom is 0.193 e.